The van der Waals surface area contributed by atoms with Crippen molar-refractivity contribution in [3.8, 4) is 0 Å². The monoisotopic (exact) mass is 282 g/mol. The van der Waals surface area contributed by atoms with Crippen molar-refractivity contribution in [3.05, 3.63) is 60.2 Å². The molecule has 3 rings (SSSR count). The zero-order chi connectivity index (χ0) is 13.9. The highest BCUT2D eigenvalue weighted by Gasteiger charge is 2.25. The van der Waals surface area contributed by atoms with Gasteiger partial charge in [-0.25, -0.2) is 0 Å². The van der Waals surface area contributed by atoms with E-state index in [1.165, 1.54) is 11.3 Å². The van der Waals surface area contributed by atoms with Crippen LogP contribution in [-0.4, -0.2) is 30.4 Å². The normalized spacial score (nSPS) is 24.0. The number of fused-ring (bicyclic) bond motifs is 1. The first kappa shape index (κ1) is 13.3. The maximum atomic E-state index is 4.72. The quantitative estimate of drug-likeness (QED) is 0.838. The number of hydrogen-bond acceptors (Lipinski definition) is 3. The van der Waals surface area contributed by atoms with E-state index >= 15 is 0 Å². The van der Waals surface area contributed by atoms with E-state index in [0.29, 0.717) is 11.3 Å². The van der Waals surface area contributed by atoms with E-state index in [-0.39, 0.29) is 0 Å². The van der Waals surface area contributed by atoms with E-state index in [9.17, 15) is 0 Å². The molecule has 1 heterocycles. The first-order valence-electron chi connectivity index (χ1n) is 6.77. The lowest BCUT2D eigenvalue weighted by atomic mass is 10.1. The third-order valence-electron chi connectivity index (χ3n) is 3.42. The molecule has 1 aromatic rings. The predicted molar refractivity (Wildman–Crippen MR) is 90.7 cm³/mol. The maximum Gasteiger partial charge on any atom is 0.0919 e. The number of benzene rings is 1. The van der Waals surface area contributed by atoms with Gasteiger partial charge in [0.15, 0.2) is 0 Å². The van der Waals surface area contributed by atoms with Crippen LogP contribution >= 0.6 is 11.8 Å². The average Bonchev–Trinajstić information content (AvgIpc) is 2.88. The largest absolute Gasteiger partial charge is 0.378 e. The second-order valence-electron chi connectivity index (χ2n) is 5.13. The molecule has 2 nitrogen and oxygen atoms in total. The van der Waals surface area contributed by atoms with E-state index in [1.807, 2.05) is 11.8 Å². The molecule has 102 valence electrons. The van der Waals surface area contributed by atoms with Crippen molar-refractivity contribution in [1.82, 2.24) is 0 Å². The Hall–Kier alpha value is -1.74. The molecule has 0 saturated carbocycles. The van der Waals surface area contributed by atoms with Crippen LogP contribution in [0.4, 0.5) is 5.69 Å². The molecule has 2 unspecified atom stereocenters. The summed E-state index contributed by atoms with van der Waals surface area (Å²) in [4.78, 5) is 6.82. The van der Waals surface area contributed by atoms with Crippen molar-refractivity contribution in [2.75, 3.05) is 19.0 Å². The zero-order valence-electron chi connectivity index (χ0n) is 11.7. The van der Waals surface area contributed by atoms with Crippen LogP contribution in [0.15, 0.2) is 59.6 Å². The minimum atomic E-state index is 0.320. The van der Waals surface area contributed by atoms with Crippen LogP contribution < -0.4 is 4.90 Å². The molecule has 1 aliphatic heterocycles. The van der Waals surface area contributed by atoms with Gasteiger partial charge in [0.25, 0.3) is 0 Å². The highest BCUT2D eigenvalue weighted by atomic mass is 32.2. The van der Waals surface area contributed by atoms with E-state index in [2.05, 4.69) is 79.7 Å². The minimum absolute atomic E-state index is 0.320. The lowest BCUT2D eigenvalue weighted by Gasteiger charge is -2.11. The van der Waals surface area contributed by atoms with E-state index in [4.69, 9.17) is 4.99 Å². The molecule has 0 aromatic heterocycles. The lowest BCUT2D eigenvalue weighted by molar-refractivity contribution is 0.862. The lowest BCUT2D eigenvalue weighted by Crippen LogP contribution is -2.13. The summed E-state index contributed by atoms with van der Waals surface area (Å²) < 4.78 is 0. The Kier molecular flexibility index (Phi) is 3.79. The van der Waals surface area contributed by atoms with Crippen molar-refractivity contribution < 1.29 is 0 Å². The van der Waals surface area contributed by atoms with Gasteiger partial charge < -0.3 is 4.90 Å². The Morgan fingerprint density at radius 2 is 1.80 bits per heavy atom. The second kappa shape index (κ2) is 5.71. The molecular formula is C17H18N2S. The third-order valence-corrected chi connectivity index (χ3v) is 4.61. The van der Waals surface area contributed by atoms with Crippen molar-refractivity contribution in [2.45, 2.75) is 11.3 Å². The molecule has 0 amide bonds. The van der Waals surface area contributed by atoms with Crippen LogP contribution in [0.25, 0.3) is 6.08 Å². The predicted octanol–water partition coefficient (Wildman–Crippen LogP) is 3.77. The molecule has 0 bridgehead atoms. The molecule has 2 atom stereocenters. The number of aliphatic imine (C=N–C) groups is 1. The van der Waals surface area contributed by atoms with Crippen LogP contribution in [0.1, 0.15) is 5.56 Å². The van der Waals surface area contributed by atoms with Crippen LogP contribution in [-0.2, 0) is 0 Å². The van der Waals surface area contributed by atoms with E-state index in [0.717, 1.165) is 5.04 Å². The fourth-order valence-corrected chi connectivity index (χ4v) is 3.32. The number of hydrogen-bond donors (Lipinski definition) is 0. The van der Waals surface area contributed by atoms with Crippen LogP contribution in [0.2, 0.25) is 0 Å². The number of anilines is 1. The Morgan fingerprint density at radius 3 is 2.50 bits per heavy atom. The van der Waals surface area contributed by atoms with Crippen molar-refractivity contribution in [3.63, 3.8) is 0 Å². The fraction of sp³-hybridized carbons (Fsp3) is 0.235. The van der Waals surface area contributed by atoms with Gasteiger partial charge in [0.2, 0.25) is 0 Å². The van der Waals surface area contributed by atoms with Crippen LogP contribution in [0, 0.1) is 0 Å². The van der Waals surface area contributed by atoms with Gasteiger partial charge in [-0.05, 0) is 23.8 Å². The molecule has 20 heavy (non-hydrogen) atoms. The molecule has 1 aromatic carbocycles. The Balaban J connectivity index is 1.69. The summed E-state index contributed by atoms with van der Waals surface area (Å²) in [5.74, 6) is 0. The van der Waals surface area contributed by atoms with Gasteiger partial charge >= 0.3 is 0 Å². The molecule has 0 spiro atoms. The number of nitrogens with zero attached hydrogens (tertiary/aromatic N) is 2. The van der Waals surface area contributed by atoms with E-state index in [1.54, 1.807) is 0 Å². The molecule has 0 saturated heterocycles. The standard InChI is InChI=1S/C17H18N2S/c1-19(2)14-10-7-13(8-11-14)9-12-17-18-15-5-3-4-6-16(15)20-17/h3-12,15-16H,1-2H3. The van der Waals surface area contributed by atoms with Crippen molar-refractivity contribution >= 4 is 28.6 Å². The topological polar surface area (TPSA) is 15.6 Å². The summed E-state index contributed by atoms with van der Waals surface area (Å²) in [5, 5.41) is 1.60. The van der Waals surface area contributed by atoms with Gasteiger partial charge in [-0.2, -0.15) is 0 Å². The first-order chi connectivity index (χ1) is 9.72. The van der Waals surface area contributed by atoms with Gasteiger partial charge in [-0.3, -0.25) is 4.99 Å². The summed E-state index contributed by atoms with van der Waals surface area (Å²) in [7, 11) is 4.11. The van der Waals surface area contributed by atoms with Crippen molar-refractivity contribution in [1.29, 1.82) is 0 Å². The molecule has 1 aliphatic carbocycles. The number of allylic oxidation sites excluding steroid dienone is 2. The molecule has 2 aliphatic rings. The van der Waals surface area contributed by atoms with Gasteiger partial charge in [-0.15, -0.1) is 0 Å². The van der Waals surface area contributed by atoms with E-state index < -0.39 is 0 Å². The molecular weight excluding hydrogens is 264 g/mol. The Morgan fingerprint density at radius 1 is 1.05 bits per heavy atom. The summed E-state index contributed by atoms with van der Waals surface area (Å²) in [6.07, 6.45) is 12.8. The van der Waals surface area contributed by atoms with Gasteiger partial charge in [0, 0.05) is 19.8 Å². The van der Waals surface area contributed by atoms with Crippen LogP contribution in [0.3, 0.4) is 0 Å². The summed E-state index contributed by atoms with van der Waals surface area (Å²) in [6, 6.07) is 8.86. The molecule has 3 heteroatoms. The number of rotatable bonds is 3. The minimum Gasteiger partial charge on any atom is -0.378 e. The maximum absolute atomic E-state index is 4.72. The first-order valence-corrected chi connectivity index (χ1v) is 7.65. The molecule has 0 fully saturated rings. The van der Waals surface area contributed by atoms with Gasteiger partial charge in [-0.1, -0.05) is 54.3 Å². The van der Waals surface area contributed by atoms with Crippen molar-refractivity contribution in [2.24, 2.45) is 4.99 Å². The zero-order valence-corrected chi connectivity index (χ0v) is 12.5. The van der Waals surface area contributed by atoms with Crippen LogP contribution in [0.5, 0.6) is 0 Å². The highest BCUT2D eigenvalue weighted by Crippen LogP contribution is 2.31. The Bertz CT molecular complexity index is 594. The van der Waals surface area contributed by atoms with Gasteiger partial charge in [0.1, 0.15) is 0 Å². The fourth-order valence-electron chi connectivity index (χ4n) is 2.25. The smallest absolute Gasteiger partial charge is 0.0919 e. The molecule has 0 radical (unpaired) electrons. The summed E-state index contributed by atoms with van der Waals surface area (Å²) in [6.45, 7) is 0. The Labute approximate surface area is 124 Å². The number of thioether (sulfide) groups is 1. The third kappa shape index (κ3) is 2.88. The average molecular weight is 282 g/mol. The highest BCUT2D eigenvalue weighted by molar-refractivity contribution is 8.15. The molecule has 0 N–H and O–H groups in total. The van der Waals surface area contributed by atoms with Gasteiger partial charge in [0.05, 0.1) is 16.3 Å². The SMILES string of the molecule is CN(C)c1ccc(C=CC2=NC3C=CC=CC3S2)cc1. The second-order valence-corrected chi connectivity index (χ2v) is 6.33. The summed E-state index contributed by atoms with van der Waals surface area (Å²) >= 11 is 1.84. The summed E-state index contributed by atoms with van der Waals surface area (Å²) in [5.41, 5.74) is 2.43.